The Kier molecular flexibility index (Phi) is 7.41. The van der Waals surface area contributed by atoms with Crippen molar-refractivity contribution < 1.29 is 32.2 Å². The minimum Gasteiger partial charge on any atom is -0.389 e. The molecule has 10 heteroatoms. The van der Waals surface area contributed by atoms with Crippen molar-refractivity contribution in [2.24, 2.45) is 0 Å². The van der Waals surface area contributed by atoms with Crippen LogP contribution in [0.5, 0.6) is 0 Å². The molecule has 3 heterocycles. The van der Waals surface area contributed by atoms with Crippen LogP contribution in [0, 0.1) is 5.82 Å². The fourth-order valence-corrected chi connectivity index (χ4v) is 7.06. The summed E-state index contributed by atoms with van der Waals surface area (Å²) in [6.07, 6.45) is 0.0803. The van der Waals surface area contributed by atoms with Crippen molar-refractivity contribution >= 4 is 15.9 Å². The fraction of sp³-hybridized carbons (Fsp3) is 0.500. The van der Waals surface area contributed by atoms with Crippen LogP contribution in [-0.4, -0.2) is 79.3 Å². The normalized spacial score (nSPS) is 27.4. The van der Waals surface area contributed by atoms with Crippen LogP contribution < -0.4 is 0 Å². The summed E-state index contributed by atoms with van der Waals surface area (Å²) in [4.78, 5) is 14.9. The van der Waals surface area contributed by atoms with Gasteiger partial charge in [0.2, 0.25) is 15.9 Å². The summed E-state index contributed by atoms with van der Waals surface area (Å²) in [6, 6.07) is 12.2. The number of hydrogen-bond donors (Lipinski definition) is 1. The van der Waals surface area contributed by atoms with Crippen molar-refractivity contribution in [1.29, 1.82) is 0 Å². The number of amides is 1. The van der Waals surface area contributed by atoms with Gasteiger partial charge >= 0.3 is 0 Å². The van der Waals surface area contributed by atoms with E-state index in [0.717, 1.165) is 24.1 Å². The molecule has 2 aromatic rings. The third-order valence-electron chi connectivity index (χ3n) is 7.24. The molecule has 0 aromatic heterocycles. The van der Waals surface area contributed by atoms with Crippen molar-refractivity contribution in [3.05, 3.63) is 65.5 Å². The summed E-state index contributed by atoms with van der Waals surface area (Å²) in [6.45, 7) is 1.18. The van der Waals surface area contributed by atoms with Crippen LogP contribution in [-0.2, 0) is 37.3 Å². The summed E-state index contributed by atoms with van der Waals surface area (Å²) in [7, 11) is -4.01. The molecule has 194 valence electrons. The molecular weight excluding hydrogens is 487 g/mol. The van der Waals surface area contributed by atoms with Gasteiger partial charge in [0.05, 0.1) is 48.9 Å². The Morgan fingerprint density at radius 2 is 1.81 bits per heavy atom. The van der Waals surface area contributed by atoms with E-state index in [1.807, 2.05) is 23.1 Å². The second-order valence-corrected chi connectivity index (χ2v) is 11.6. The predicted octanol–water partition coefficient (Wildman–Crippen LogP) is 2.10. The zero-order chi connectivity index (χ0) is 25.3. The maximum absolute atomic E-state index is 13.5. The minimum atomic E-state index is -4.01. The Labute approximate surface area is 210 Å². The van der Waals surface area contributed by atoms with Gasteiger partial charge in [-0.3, -0.25) is 4.79 Å². The zero-order valence-electron chi connectivity index (χ0n) is 20.0. The van der Waals surface area contributed by atoms with Gasteiger partial charge in [-0.2, -0.15) is 4.31 Å². The Morgan fingerprint density at radius 3 is 2.58 bits per heavy atom. The largest absolute Gasteiger partial charge is 0.389 e. The van der Waals surface area contributed by atoms with Gasteiger partial charge in [0.15, 0.2) is 0 Å². The van der Waals surface area contributed by atoms with E-state index in [2.05, 4.69) is 6.07 Å². The van der Waals surface area contributed by atoms with E-state index in [1.165, 1.54) is 22.0 Å². The van der Waals surface area contributed by atoms with E-state index in [0.29, 0.717) is 25.9 Å². The van der Waals surface area contributed by atoms with Gasteiger partial charge in [-0.25, -0.2) is 12.8 Å². The number of sulfonamides is 1. The van der Waals surface area contributed by atoms with Gasteiger partial charge < -0.3 is 19.5 Å². The van der Waals surface area contributed by atoms with Gasteiger partial charge in [-0.15, -0.1) is 0 Å². The highest BCUT2D eigenvalue weighted by Crippen LogP contribution is 2.32. The molecular formula is C26H31FN2O6S. The van der Waals surface area contributed by atoms with Crippen molar-refractivity contribution in [2.75, 3.05) is 26.3 Å². The van der Waals surface area contributed by atoms with E-state index >= 15 is 0 Å². The fourth-order valence-electron chi connectivity index (χ4n) is 5.35. The monoisotopic (exact) mass is 518 g/mol. The summed E-state index contributed by atoms with van der Waals surface area (Å²) >= 11 is 0. The summed E-state index contributed by atoms with van der Waals surface area (Å²) in [5, 5.41) is 10.3. The maximum Gasteiger partial charge on any atom is 0.243 e. The number of β-amino-alcohol motifs (C(OH)–C–C–N with tert-alkyl or cyclic N) is 1. The van der Waals surface area contributed by atoms with Crippen LogP contribution in [0.1, 0.15) is 30.4 Å². The van der Waals surface area contributed by atoms with E-state index in [4.69, 9.17) is 9.47 Å². The standard InChI is InChI=1S/C26H31FN2O6S/c27-20-5-8-23(9-6-20)36(32,33)29-15-21(30)16-34-17-25-24(29)10-7-22(35-25)13-26(31)28-12-11-18-3-1-2-4-19(18)14-28/h1-6,8-9,21-22,24-25,30H,7,10-17H2/t21-,22+,24-,25+/m0/s1. The van der Waals surface area contributed by atoms with Crippen LogP contribution in [0.2, 0.25) is 0 Å². The molecule has 1 N–H and O–H groups in total. The average molecular weight is 519 g/mol. The SMILES string of the molecule is O=C(C[C@H]1CC[C@H]2[C@@H](COC[C@@H](O)CN2S(=O)(=O)c2ccc(F)cc2)O1)N1CCc2ccccc2C1. The number of carbonyl (C=O) groups excluding carboxylic acids is 1. The Morgan fingerprint density at radius 1 is 1.06 bits per heavy atom. The van der Waals surface area contributed by atoms with Gasteiger partial charge in [-0.05, 0) is 54.7 Å². The number of halogens is 1. The number of hydrogen-bond acceptors (Lipinski definition) is 6. The Hall–Kier alpha value is -2.37. The highest BCUT2D eigenvalue weighted by atomic mass is 32.2. The lowest BCUT2D eigenvalue weighted by Crippen LogP contribution is -2.57. The lowest BCUT2D eigenvalue weighted by Gasteiger charge is -2.44. The van der Waals surface area contributed by atoms with E-state index in [-0.39, 0.29) is 43.1 Å². The van der Waals surface area contributed by atoms with E-state index in [1.54, 1.807) is 0 Å². The minimum absolute atomic E-state index is 0.0194. The number of benzene rings is 2. The molecule has 3 aliphatic rings. The number of carbonyl (C=O) groups is 1. The van der Waals surface area contributed by atoms with Gasteiger partial charge in [0, 0.05) is 19.6 Å². The first-order valence-electron chi connectivity index (χ1n) is 12.3. The molecule has 0 bridgehead atoms. The van der Waals surface area contributed by atoms with Crippen LogP contribution in [0.15, 0.2) is 53.4 Å². The quantitative estimate of drug-likeness (QED) is 0.666. The molecule has 3 aliphatic heterocycles. The number of fused-ring (bicyclic) bond motifs is 2. The van der Waals surface area contributed by atoms with Crippen molar-refractivity contribution in [3.63, 3.8) is 0 Å². The second-order valence-electron chi connectivity index (χ2n) is 9.70. The molecule has 2 saturated heterocycles. The lowest BCUT2D eigenvalue weighted by atomic mass is 9.95. The van der Waals surface area contributed by atoms with E-state index in [9.17, 15) is 22.7 Å². The number of ether oxygens (including phenoxy) is 2. The Balaban J connectivity index is 1.28. The number of nitrogens with zero attached hydrogens (tertiary/aromatic N) is 2. The second kappa shape index (κ2) is 10.5. The molecule has 36 heavy (non-hydrogen) atoms. The first kappa shape index (κ1) is 25.3. The molecule has 1 amide bonds. The molecule has 0 spiro atoms. The molecule has 0 unspecified atom stereocenters. The van der Waals surface area contributed by atoms with Crippen molar-refractivity contribution in [3.8, 4) is 0 Å². The number of aliphatic hydroxyl groups is 1. The lowest BCUT2D eigenvalue weighted by molar-refractivity contribution is -0.152. The summed E-state index contributed by atoms with van der Waals surface area (Å²) in [5.74, 6) is -0.510. The number of rotatable bonds is 4. The molecule has 2 fully saturated rings. The van der Waals surface area contributed by atoms with Crippen LogP contribution >= 0.6 is 0 Å². The number of aliphatic hydroxyl groups excluding tert-OH is 1. The topological polar surface area (TPSA) is 96.4 Å². The predicted molar refractivity (Wildman–Crippen MR) is 129 cm³/mol. The van der Waals surface area contributed by atoms with E-state index < -0.39 is 34.1 Å². The van der Waals surface area contributed by atoms with Crippen LogP contribution in [0.4, 0.5) is 4.39 Å². The average Bonchev–Trinajstić information content (AvgIpc) is 2.86. The molecule has 2 aromatic carbocycles. The molecule has 0 saturated carbocycles. The van der Waals surface area contributed by atoms with Gasteiger partial charge in [0.1, 0.15) is 5.82 Å². The summed E-state index contributed by atoms with van der Waals surface area (Å²) in [5.41, 5.74) is 2.44. The van der Waals surface area contributed by atoms with Crippen LogP contribution in [0.25, 0.3) is 0 Å². The Bertz CT molecular complexity index is 1190. The molecule has 4 atom stereocenters. The first-order valence-corrected chi connectivity index (χ1v) is 13.8. The first-order chi connectivity index (χ1) is 17.3. The molecule has 8 nitrogen and oxygen atoms in total. The maximum atomic E-state index is 13.5. The molecule has 0 radical (unpaired) electrons. The zero-order valence-corrected chi connectivity index (χ0v) is 20.8. The van der Waals surface area contributed by atoms with Gasteiger partial charge in [-0.1, -0.05) is 24.3 Å². The van der Waals surface area contributed by atoms with Gasteiger partial charge in [0.25, 0.3) is 0 Å². The summed E-state index contributed by atoms with van der Waals surface area (Å²) < 4.78 is 53.5. The third-order valence-corrected chi connectivity index (χ3v) is 9.14. The third kappa shape index (κ3) is 5.33. The highest BCUT2D eigenvalue weighted by molar-refractivity contribution is 7.89. The van der Waals surface area contributed by atoms with Crippen LogP contribution in [0.3, 0.4) is 0 Å². The smallest absolute Gasteiger partial charge is 0.243 e. The van der Waals surface area contributed by atoms with Crippen molar-refractivity contribution in [1.82, 2.24) is 9.21 Å². The van der Waals surface area contributed by atoms with Crippen molar-refractivity contribution in [2.45, 2.75) is 61.5 Å². The highest BCUT2D eigenvalue weighted by Gasteiger charge is 2.43. The molecule has 0 aliphatic carbocycles. The molecule has 5 rings (SSSR count).